The minimum absolute atomic E-state index is 0.0130. The lowest BCUT2D eigenvalue weighted by Gasteiger charge is -2.53. The molecular formula is C40H38O11. The van der Waals surface area contributed by atoms with Gasteiger partial charge in [0.15, 0.2) is 28.9 Å². The molecule has 11 heteroatoms. The van der Waals surface area contributed by atoms with Gasteiger partial charge in [0.1, 0.15) is 39.4 Å². The van der Waals surface area contributed by atoms with Crippen molar-refractivity contribution in [1.82, 2.24) is 0 Å². The van der Waals surface area contributed by atoms with Crippen LogP contribution in [0.2, 0.25) is 0 Å². The van der Waals surface area contributed by atoms with Crippen LogP contribution in [-0.4, -0.2) is 55.8 Å². The standard InChI is InChI=1S/C40H38O11/c1-10-19-15(2)11-17-12-20-25(29(43)23(17)28(19)42)32(45)39(8,35(48)37(20,4)5)40(9)33(46)26-21(38(6,7)36(40)49)13-18-14-22(41)27-31(24(18)30(26)44)50-16(3)51-34(27)47/h11-14,16,41-44H,10H2,1-9H3. The highest BCUT2D eigenvalue weighted by molar-refractivity contribution is 6.34. The van der Waals surface area contributed by atoms with Gasteiger partial charge in [-0.05, 0) is 106 Å². The number of aryl methyl sites for hydroxylation is 1. The number of fused-ring (bicyclic) bond motifs is 6. The fourth-order valence-corrected chi connectivity index (χ4v) is 8.93. The molecule has 3 atom stereocenters. The van der Waals surface area contributed by atoms with Crippen molar-refractivity contribution < 1.29 is 53.9 Å². The summed E-state index contributed by atoms with van der Waals surface area (Å²) < 4.78 is 10.8. The molecule has 0 amide bonds. The lowest BCUT2D eigenvalue weighted by molar-refractivity contribution is -0.146. The van der Waals surface area contributed by atoms with Gasteiger partial charge in [-0.3, -0.25) is 19.2 Å². The van der Waals surface area contributed by atoms with Crippen LogP contribution in [0.4, 0.5) is 0 Å². The predicted molar refractivity (Wildman–Crippen MR) is 185 cm³/mol. The van der Waals surface area contributed by atoms with Crippen molar-refractivity contribution in [3.05, 3.63) is 63.2 Å². The van der Waals surface area contributed by atoms with E-state index in [1.54, 1.807) is 26.0 Å². The van der Waals surface area contributed by atoms with Crippen LogP contribution in [0.5, 0.6) is 28.7 Å². The molecule has 4 aromatic carbocycles. The molecule has 0 aromatic heterocycles. The second-order valence-electron chi connectivity index (χ2n) is 15.4. The van der Waals surface area contributed by atoms with Gasteiger partial charge in [-0.2, -0.15) is 0 Å². The van der Waals surface area contributed by atoms with Crippen LogP contribution in [0.15, 0.2) is 24.3 Å². The van der Waals surface area contributed by atoms with E-state index in [1.165, 1.54) is 46.8 Å². The molecule has 4 N–H and O–H groups in total. The molecule has 0 radical (unpaired) electrons. The Hall–Kier alpha value is -5.45. The molecule has 3 aliphatic rings. The third-order valence-electron chi connectivity index (χ3n) is 11.9. The SMILES string of the molecule is CCc1c(C)cc2cc3c(c(O)c2c1O)C(=O)C(C)(C1(C)C(=O)c2c(cc4cc(O)c5c(c4c2O)OC(C)OC5=O)C(C)(C)C1=O)C(=O)C3(C)C. The fourth-order valence-electron chi connectivity index (χ4n) is 8.93. The minimum atomic E-state index is -2.44. The largest absolute Gasteiger partial charge is 0.507 e. The number of phenols is 4. The monoisotopic (exact) mass is 694 g/mol. The first-order chi connectivity index (χ1) is 23.6. The predicted octanol–water partition coefficient (Wildman–Crippen LogP) is 6.38. The van der Waals surface area contributed by atoms with E-state index in [9.17, 15) is 34.8 Å². The lowest BCUT2D eigenvalue weighted by atomic mass is 9.44. The maximum atomic E-state index is 15.1. The number of phenolic OH excluding ortho intramolecular Hbond substituents is 4. The smallest absolute Gasteiger partial charge is 0.348 e. The van der Waals surface area contributed by atoms with Crippen molar-refractivity contribution in [2.45, 2.75) is 85.9 Å². The number of hydrogen-bond donors (Lipinski definition) is 4. The number of carbonyl (C=O) groups excluding carboxylic acids is 5. The average Bonchev–Trinajstić information content (AvgIpc) is 3.04. The summed E-state index contributed by atoms with van der Waals surface area (Å²) in [4.78, 5) is 72.7. The summed E-state index contributed by atoms with van der Waals surface area (Å²) in [6.45, 7) is 13.7. The zero-order valence-corrected chi connectivity index (χ0v) is 29.7. The third kappa shape index (κ3) is 3.81. The molecule has 3 unspecified atom stereocenters. The fraction of sp³-hybridized carbons (Fsp3) is 0.375. The van der Waals surface area contributed by atoms with Crippen LogP contribution in [0.1, 0.15) is 109 Å². The van der Waals surface area contributed by atoms with Gasteiger partial charge in [-0.1, -0.05) is 13.0 Å². The van der Waals surface area contributed by atoms with Crippen molar-refractivity contribution >= 4 is 50.6 Å². The highest BCUT2D eigenvalue weighted by Crippen LogP contribution is 2.61. The van der Waals surface area contributed by atoms with Crippen LogP contribution in [0.25, 0.3) is 21.5 Å². The molecule has 264 valence electrons. The van der Waals surface area contributed by atoms with Crippen molar-refractivity contribution in [2.24, 2.45) is 10.8 Å². The van der Waals surface area contributed by atoms with Gasteiger partial charge in [0, 0.05) is 6.92 Å². The van der Waals surface area contributed by atoms with Crippen molar-refractivity contribution in [1.29, 1.82) is 0 Å². The number of aromatic hydroxyl groups is 4. The van der Waals surface area contributed by atoms with Gasteiger partial charge in [-0.15, -0.1) is 0 Å². The Morgan fingerprint density at radius 1 is 0.647 bits per heavy atom. The Kier molecular flexibility index (Phi) is 6.72. The Labute approximate surface area is 292 Å². The Morgan fingerprint density at radius 3 is 1.61 bits per heavy atom. The van der Waals surface area contributed by atoms with E-state index in [0.717, 1.165) is 5.56 Å². The van der Waals surface area contributed by atoms with Crippen LogP contribution >= 0.6 is 0 Å². The molecule has 51 heavy (non-hydrogen) atoms. The molecule has 0 bridgehead atoms. The van der Waals surface area contributed by atoms with Gasteiger partial charge in [0.2, 0.25) is 6.29 Å². The summed E-state index contributed by atoms with van der Waals surface area (Å²) in [6, 6.07) is 5.97. The number of hydrogen-bond acceptors (Lipinski definition) is 11. The maximum Gasteiger partial charge on any atom is 0.348 e. The molecule has 1 aliphatic heterocycles. The Morgan fingerprint density at radius 2 is 1.12 bits per heavy atom. The Balaban J connectivity index is 1.54. The van der Waals surface area contributed by atoms with Crippen molar-refractivity contribution in [3.63, 3.8) is 0 Å². The summed E-state index contributed by atoms with van der Waals surface area (Å²) in [5.74, 6) is -6.63. The van der Waals surface area contributed by atoms with Crippen LogP contribution in [-0.2, 0) is 31.6 Å². The number of carbonyl (C=O) groups is 5. The van der Waals surface area contributed by atoms with Crippen molar-refractivity contribution in [2.75, 3.05) is 0 Å². The number of cyclic esters (lactones) is 1. The minimum Gasteiger partial charge on any atom is -0.507 e. The molecule has 1 heterocycles. The summed E-state index contributed by atoms with van der Waals surface area (Å²) in [6.07, 6.45) is -0.676. The number of ether oxygens (including phenoxy) is 2. The first kappa shape index (κ1) is 34.0. The zero-order valence-electron chi connectivity index (χ0n) is 29.7. The maximum absolute atomic E-state index is 15.1. The highest BCUT2D eigenvalue weighted by atomic mass is 16.7. The molecule has 2 aliphatic carbocycles. The molecule has 0 fully saturated rings. The second kappa shape index (κ2) is 10.1. The van der Waals surface area contributed by atoms with Crippen LogP contribution in [0.3, 0.4) is 0 Å². The van der Waals surface area contributed by atoms with E-state index in [2.05, 4.69) is 0 Å². The van der Waals surface area contributed by atoms with Gasteiger partial charge in [-0.25, -0.2) is 4.79 Å². The first-order valence-corrected chi connectivity index (χ1v) is 16.7. The summed E-state index contributed by atoms with van der Waals surface area (Å²) in [7, 11) is 0. The topological polar surface area (TPSA) is 185 Å². The molecule has 4 aromatic rings. The van der Waals surface area contributed by atoms with Crippen molar-refractivity contribution in [3.8, 4) is 28.7 Å². The number of ketones is 4. The van der Waals surface area contributed by atoms with E-state index in [-0.39, 0.29) is 55.5 Å². The number of rotatable bonds is 2. The van der Waals surface area contributed by atoms with Gasteiger partial charge in [0.05, 0.1) is 32.7 Å². The van der Waals surface area contributed by atoms with E-state index in [0.29, 0.717) is 17.4 Å². The van der Waals surface area contributed by atoms with Crippen LogP contribution < -0.4 is 4.74 Å². The van der Waals surface area contributed by atoms with Gasteiger partial charge >= 0.3 is 5.97 Å². The molecule has 0 spiro atoms. The van der Waals surface area contributed by atoms with E-state index < -0.39 is 74.3 Å². The zero-order chi connectivity index (χ0) is 37.7. The number of esters is 1. The van der Waals surface area contributed by atoms with Gasteiger partial charge < -0.3 is 29.9 Å². The number of Topliss-reactive ketones (excluding diaryl/α,β-unsaturated/α-hetero) is 4. The van der Waals surface area contributed by atoms with E-state index in [1.807, 2.05) is 13.8 Å². The van der Waals surface area contributed by atoms with Gasteiger partial charge in [0.25, 0.3) is 0 Å². The molecule has 0 saturated carbocycles. The molecule has 7 rings (SSSR count). The highest BCUT2D eigenvalue weighted by Gasteiger charge is 2.72. The normalized spacial score (nSPS) is 25.0. The second-order valence-corrected chi connectivity index (χ2v) is 15.4. The van der Waals surface area contributed by atoms with Crippen LogP contribution in [0, 0.1) is 17.8 Å². The lowest BCUT2D eigenvalue weighted by Crippen LogP contribution is -2.67. The third-order valence-corrected chi connectivity index (χ3v) is 11.9. The number of benzene rings is 4. The molecule has 0 saturated heterocycles. The Bertz CT molecular complexity index is 2400. The molecule has 11 nitrogen and oxygen atoms in total. The first-order valence-electron chi connectivity index (χ1n) is 16.7. The molecular weight excluding hydrogens is 656 g/mol. The van der Waals surface area contributed by atoms with E-state index in [4.69, 9.17) is 9.47 Å². The summed E-state index contributed by atoms with van der Waals surface area (Å²) in [5, 5.41) is 46.4. The average molecular weight is 695 g/mol. The quantitative estimate of drug-likeness (QED) is 0.135. The van der Waals surface area contributed by atoms with E-state index >= 15 is 9.59 Å². The summed E-state index contributed by atoms with van der Waals surface area (Å²) >= 11 is 0. The summed E-state index contributed by atoms with van der Waals surface area (Å²) in [5.41, 5.74) is -7.43.